The van der Waals surface area contributed by atoms with E-state index in [1.165, 1.54) is 27.4 Å². The zero-order valence-electron chi connectivity index (χ0n) is 9.04. The minimum absolute atomic E-state index is 0.155. The first-order valence-corrected chi connectivity index (χ1v) is 5.07. The fourth-order valence-corrected chi connectivity index (χ4v) is 1.67. The second kappa shape index (κ2) is 5.07. The fraction of sp³-hybridized carbons (Fsp3) is 0.300. The zero-order valence-corrected chi connectivity index (χ0v) is 10.6. The van der Waals surface area contributed by atoms with Crippen molar-refractivity contribution in [3.63, 3.8) is 0 Å². The van der Waals surface area contributed by atoms with E-state index in [4.69, 9.17) is 9.47 Å². The maximum atomic E-state index is 11.4. The largest absolute Gasteiger partial charge is 0.503 e. The lowest BCUT2D eigenvalue weighted by molar-refractivity contribution is 0.0598. The maximum Gasteiger partial charge on any atom is 0.339 e. The van der Waals surface area contributed by atoms with E-state index in [1.807, 2.05) is 0 Å². The van der Waals surface area contributed by atoms with Crippen LogP contribution in [0.25, 0.3) is 0 Å². The molecule has 0 radical (unpaired) electrons. The summed E-state index contributed by atoms with van der Waals surface area (Å²) in [6, 6.07) is 1.43. The van der Waals surface area contributed by atoms with Crippen LogP contribution in [0.4, 0.5) is 0 Å². The predicted molar refractivity (Wildman–Crippen MR) is 60.3 cm³/mol. The van der Waals surface area contributed by atoms with E-state index in [1.54, 1.807) is 0 Å². The van der Waals surface area contributed by atoms with Crippen LogP contribution in [0.15, 0.2) is 10.5 Å². The monoisotopic (exact) mass is 290 g/mol. The highest BCUT2D eigenvalue weighted by molar-refractivity contribution is 9.10. The number of esters is 1. The fourth-order valence-electron chi connectivity index (χ4n) is 1.21. The maximum absolute atomic E-state index is 11.4. The van der Waals surface area contributed by atoms with Crippen LogP contribution in [-0.2, 0) is 4.74 Å². The van der Waals surface area contributed by atoms with Crippen molar-refractivity contribution in [1.29, 1.82) is 0 Å². The van der Waals surface area contributed by atoms with Crippen molar-refractivity contribution >= 4 is 21.9 Å². The Morgan fingerprint density at radius 2 is 1.94 bits per heavy atom. The quantitative estimate of drug-likeness (QED) is 0.862. The van der Waals surface area contributed by atoms with E-state index in [0.717, 1.165) is 0 Å². The second-order valence-electron chi connectivity index (χ2n) is 2.81. The molecule has 0 atom stereocenters. The minimum Gasteiger partial charge on any atom is -0.503 e. The molecule has 0 heterocycles. The molecule has 0 spiro atoms. The van der Waals surface area contributed by atoms with Crippen LogP contribution in [0.1, 0.15) is 10.4 Å². The Bertz CT molecular complexity index is 416. The molecule has 0 unspecified atom stereocenters. The van der Waals surface area contributed by atoms with Crippen LogP contribution in [0.3, 0.4) is 0 Å². The Morgan fingerprint density at radius 1 is 1.31 bits per heavy atom. The number of aromatic hydroxyl groups is 1. The summed E-state index contributed by atoms with van der Waals surface area (Å²) in [4.78, 5) is 11.4. The van der Waals surface area contributed by atoms with Crippen molar-refractivity contribution in [2.45, 2.75) is 0 Å². The number of phenolic OH excluding ortho intramolecular Hbond substituents is 1. The highest BCUT2D eigenvalue weighted by atomic mass is 79.9. The van der Waals surface area contributed by atoms with Crippen LogP contribution in [0, 0.1) is 0 Å². The third-order valence-electron chi connectivity index (χ3n) is 1.99. The molecule has 6 heteroatoms. The Morgan fingerprint density at radius 3 is 2.38 bits per heavy atom. The SMILES string of the molecule is COC(=O)c1cc(OC)c(OC)c(O)c1Br. The number of hydrogen-bond acceptors (Lipinski definition) is 5. The van der Waals surface area contributed by atoms with Gasteiger partial charge >= 0.3 is 5.97 Å². The van der Waals surface area contributed by atoms with Gasteiger partial charge in [-0.25, -0.2) is 4.79 Å². The summed E-state index contributed by atoms with van der Waals surface area (Å²) in [5, 5.41) is 9.78. The van der Waals surface area contributed by atoms with E-state index >= 15 is 0 Å². The molecule has 0 saturated carbocycles. The Balaban J connectivity index is 3.44. The van der Waals surface area contributed by atoms with Gasteiger partial charge in [0.25, 0.3) is 0 Å². The van der Waals surface area contributed by atoms with Crippen LogP contribution in [-0.4, -0.2) is 32.4 Å². The van der Waals surface area contributed by atoms with Gasteiger partial charge in [0.05, 0.1) is 31.4 Å². The number of phenols is 1. The molecule has 0 bridgehead atoms. The highest BCUT2D eigenvalue weighted by Crippen LogP contribution is 2.43. The molecule has 0 fully saturated rings. The van der Waals surface area contributed by atoms with E-state index in [2.05, 4.69) is 20.7 Å². The molecule has 1 N–H and O–H groups in total. The molecule has 0 aliphatic rings. The third kappa shape index (κ3) is 2.06. The summed E-state index contributed by atoms with van der Waals surface area (Å²) < 4.78 is 14.7. The van der Waals surface area contributed by atoms with Gasteiger partial charge < -0.3 is 19.3 Å². The summed E-state index contributed by atoms with van der Waals surface area (Å²) in [6.45, 7) is 0. The number of carbonyl (C=O) groups excluding carboxylic acids is 1. The van der Waals surface area contributed by atoms with Gasteiger partial charge in [-0.1, -0.05) is 0 Å². The molecule has 5 nitrogen and oxygen atoms in total. The van der Waals surface area contributed by atoms with Crippen molar-refractivity contribution < 1.29 is 24.1 Å². The standard InChI is InChI=1S/C10H11BrO5/c1-14-6-4-5(10(13)16-3)7(11)8(12)9(6)15-2/h4,12H,1-3H3. The van der Waals surface area contributed by atoms with E-state index in [0.29, 0.717) is 0 Å². The summed E-state index contributed by atoms with van der Waals surface area (Å²) in [5.41, 5.74) is 0.164. The molecular formula is C10H11BrO5. The number of methoxy groups -OCH3 is 3. The van der Waals surface area contributed by atoms with Gasteiger partial charge in [0, 0.05) is 0 Å². The van der Waals surface area contributed by atoms with Gasteiger partial charge in [0.1, 0.15) is 0 Å². The van der Waals surface area contributed by atoms with Gasteiger partial charge in [-0.2, -0.15) is 0 Å². The van der Waals surface area contributed by atoms with Gasteiger partial charge in [-0.15, -0.1) is 0 Å². The lowest BCUT2D eigenvalue weighted by Gasteiger charge is -2.13. The van der Waals surface area contributed by atoms with Crippen molar-refractivity contribution in [2.24, 2.45) is 0 Å². The van der Waals surface area contributed by atoms with Gasteiger partial charge in [-0.3, -0.25) is 0 Å². The molecule has 0 amide bonds. The Hall–Kier alpha value is -1.43. The molecule has 1 aromatic carbocycles. The van der Waals surface area contributed by atoms with E-state index < -0.39 is 5.97 Å². The Kier molecular flexibility index (Phi) is 4.00. The molecular weight excluding hydrogens is 280 g/mol. The smallest absolute Gasteiger partial charge is 0.339 e. The van der Waals surface area contributed by atoms with Gasteiger partial charge in [-0.05, 0) is 22.0 Å². The molecule has 0 saturated heterocycles. The first kappa shape index (κ1) is 12.6. The lowest BCUT2D eigenvalue weighted by Crippen LogP contribution is -2.04. The first-order chi connectivity index (χ1) is 7.56. The van der Waals surface area contributed by atoms with Crippen LogP contribution < -0.4 is 9.47 Å². The van der Waals surface area contributed by atoms with Gasteiger partial charge in [0.15, 0.2) is 11.5 Å². The second-order valence-corrected chi connectivity index (χ2v) is 3.61. The summed E-state index contributed by atoms with van der Waals surface area (Å²) in [5.74, 6) is -0.379. The van der Waals surface area contributed by atoms with Crippen molar-refractivity contribution in [3.05, 3.63) is 16.1 Å². The number of rotatable bonds is 3. The van der Waals surface area contributed by atoms with Crippen LogP contribution in [0.2, 0.25) is 0 Å². The molecule has 1 rings (SSSR count). The van der Waals surface area contributed by atoms with Crippen LogP contribution in [0.5, 0.6) is 17.2 Å². The molecule has 0 aliphatic heterocycles. The summed E-state index contributed by atoms with van der Waals surface area (Å²) in [7, 11) is 4.05. The number of carbonyl (C=O) groups is 1. The number of hydrogen-bond donors (Lipinski definition) is 1. The predicted octanol–water partition coefficient (Wildman–Crippen LogP) is 1.96. The highest BCUT2D eigenvalue weighted by Gasteiger charge is 2.21. The number of ether oxygens (including phenoxy) is 3. The minimum atomic E-state index is -0.580. The molecule has 0 aliphatic carbocycles. The van der Waals surface area contributed by atoms with E-state index in [-0.39, 0.29) is 27.3 Å². The normalized spacial score (nSPS) is 9.75. The average molecular weight is 291 g/mol. The van der Waals surface area contributed by atoms with Crippen LogP contribution >= 0.6 is 15.9 Å². The van der Waals surface area contributed by atoms with Crippen molar-refractivity contribution in [1.82, 2.24) is 0 Å². The van der Waals surface area contributed by atoms with Crippen molar-refractivity contribution in [2.75, 3.05) is 21.3 Å². The average Bonchev–Trinajstić information content (AvgIpc) is 2.31. The number of halogens is 1. The molecule has 88 valence electrons. The zero-order chi connectivity index (χ0) is 12.3. The lowest BCUT2D eigenvalue weighted by atomic mass is 10.2. The third-order valence-corrected chi connectivity index (χ3v) is 2.79. The topological polar surface area (TPSA) is 65.0 Å². The Labute approximate surface area is 101 Å². The summed E-state index contributed by atoms with van der Waals surface area (Å²) in [6.07, 6.45) is 0. The van der Waals surface area contributed by atoms with Gasteiger partial charge in [0.2, 0.25) is 5.75 Å². The van der Waals surface area contributed by atoms with E-state index in [9.17, 15) is 9.90 Å². The first-order valence-electron chi connectivity index (χ1n) is 4.28. The molecule has 1 aromatic rings. The number of benzene rings is 1. The molecule has 16 heavy (non-hydrogen) atoms. The summed E-state index contributed by atoms with van der Waals surface area (Å²) >= 11 is 3.09. The molecule has 0 aromatic heterocycles. The van der Waals surface area contributed by atoms with Crippen molar-refractivity contribution in [3.8, 4) is 17.2 Å².